The molecule has 0 spiro atoms. The summed E-state index contributed by atoms with van der Waals surface area (Å²) in [5.74, 6) is -0.241. The van der Waals surface area contributed by atoms with Crippen LogP contribution < -0.4 is 0 Å². The molecule has 6 heteroatoms. The summed E-state index contributed by atoms with van der Waals surface area (Å²) in [5, 5.41) is 13.3. The van der Waals surface area contributed by atoms with Crippen LogP contribution in [0.4, 0.5) is 0 Å². The third-order valence-corrected chi connectivity index (χ3v) is 4.46. The van der Waals surface area contributed by atoms with Gasteiger partial charge in [-0.25, -0.2) is 0 Å². The highest BCUT2D eigenvalue weighted by Crippen LogP contribution is 2.25. The van der Waals surface area contributed by atoms with Crippen molar-refractivity contribution in [3.63, 3.8) is 0 Å². The molecule has 1 aliphatic rings. The fourth-order valence-corrected chi connectivity index (χ4v) is 3.17. The Morgan fingerprint density at radius 3 is 2.78 bits per heavy atom. The van der Waals surface area contributed by atoms with E-state index >= 15 is 0 Å². The number of aromatic nitrogens is 2. The first-order valence-electron chi connectivity index (χ1n) is 8.50. The predicted molar refractivity (Wildman–Crippen MR) is 87.5 cm³/mol. The van der Waals surface area contributed by atoms with E-state index in [0.29, 0.717) is 18.5 Å². The number of nitrogens with zero attached hydrogens (tertiary/aromatic N) is 3. The molecule has 0 saturated carbocycles. The Labute approximate surface area is 137 Å². The van der Waals surface area contributed by atoms with Crippen molar-refractivity contribution in [2.75, 3.05) is 13.1 Å². The lowest BCUT2D eigenvalue weighted by molar-refractivity contribution is -0.137. The molecule has 0 aromatic carbocycles. The summed E-state index contributed by atoms with van der Waals surface area (Å²) < 4.78 is 1.81. The Morgan fingerprint density at radius 2 is 2.17 bits per heavy atom. The van der Waals surface area contributed by atoms with Crippen molar-refractivity contribution < 1.29 is 14.7 Å². The molecule has 0 radical (unpaired) electrons. The van der Waals surface area contributed by atoms with Crippen molar-refractivity contribution in [2.24, 2.45) is 5.92 Å². The fourth-order valence-electron chi connectivity index (χ4n) is 3.17. The molecule has 0 aliphatic carbocycles. The molecule has 6 nitrogen and oxygen atoms in total. The van der Waals surface area contributed by atoms with Crippen LogP contribution in [-0.2, 0) is 11.3 Å². The van der Waals surface area contributed by atoms with Gasteiger partial charge in [0.25, 0.3) is 5.91 Å². The lowest BCUT2D eigenvalue weighted by Gasteiger charge is -2.32. The van der Waals surface area contributed by atoms with Crippen LogP contribution in [0.1, 0.15) is 68.4 Å². The SMILES string of the molecule is CCn1cc(C(=O)N2CCCC(CCC(=O)O)C2)c(C(C)C)n1. The number of carboxylic acids is 1. The van der Waals surface area contributed by atoms with Gasteiger partial charge in [0.15, 0.2) is 0 Å². The summed E-state index contributed by atoms with van der Waals surface area (Å²) in [5.41, 5.74) is 1.55. The number of piperidine rings is 1. The maximum atomic E-state index is 12.9. The number of likely N-dealkylation sites (tertiary alicyclic amines) is 1. The summed E-state index contributed by atoms with van der Waals surface area (Å²) in [6, 6.07) is 0. The number of amides is 1. The number of carboxylic acid groups (broad SMARTS) is 1. The lowest BCUT2D eigenvalue weighted by atomic mass is 9.93. The van der Waals surface area contributed by atoms with Crippen molar-refractivity contribution in [1.29, 1.82) is 0 Å². The minimum absolute atomic E-state index is 0.0356. The maximum Gasteiger partial charge on any atom is 0.303 e. The second-order valence-electron chi connectivity index (χ2n) is 6.63. The second kappa shape index (κ2) is 7.62. The van der Waals surface area contributed by atoms with Gasteiger partial charge in [-0.1, -0.05) is 13.8 Å². The highest BCUT2D eigenvalue weighted by molar-refractivity contribution is 5.95. The summed E-state index contributed by atoms with van der Waals surface area (Å²) in [6.45, 7) is 8.25. The van der Waals surface area contributed by atoms with E-state index in [4.69, 9.17) is 5.11 Å². The number of carbonyl (C=O) groups is 2. The molecule has 2 heterocycles. The van der Waals surface area contributed by atoms with Crippen molar-refractivity contribution in [2.45, 2.75) is 58.9 Å². The Kier molecular flexibility index (Phi) is 5.80. The Balaban J connectivity index is 2.10. The highest BCUT2D eigenvalue weighted by atomic mass is 16.4. The molecular formula is C17H27N3O3. The number of carbonyl (C=O) groups excluding carboxylic acids is 1. The first-order chi connectivity index (χ1) is 10.9. The van der Waals surface area contributed by atoms with Crippen molar-refractivity contribution in [3.8, 4) is 0 Å². The molecule has 0 bridgehead atoms. The van der Waals surface area contributed by atoms with Crippen LogP contribution in [0.15, 0.2) is 6.20 Å². The number of aliphatic carboxylic acids is 1. The normalized spacial score (nSPS) is 18.4. The zero-order valence-electron chi connectivity index (χ0n) is 14.3. The second-order valence-corrected chi connectivity index (χ2v) is 6.63. The molecule has 128 valence electrons. The van der Waals surface area contributed by atoms with Crippen LogP contribution in [0.5, 0.6) is 0 Å². The third-order valence-electron chi connectivity index (χ3n) is 4.46. The topological polar surface area (TPSA) is 75.4 Å². The minimum Gasteiger partial charge on any atom is -0.481 e. The maximum absolute atomic E-state index is 12.9. The summed E-state index contributed by atoms with van der Waals surface area (Å²) in [6.07, 6.45) is 4.61. The van der Waals surface area contributed by atoms with Crippen molar-refractivity contribution in [1.82, 2.24) is 14.7 Å². The Morgan fingerprint density at radius 1 is 1.43 bits per heavy atom. The van der Waals surface area contributed by atoms with Crippen molar-refractivity contribution in [3.05, 3.63) is 17.5 Å². The first kappa shape index (κ1) is 17.5. The van der Waals surface area contributed by atoms with Crippen LogP contribution >= 0.6 is 0 Å². The van der Waals surface area contributed by atoms with E-state index in [0.717, 1.165) is 31.6 Å². The number of rotatable bonds is 6. The fraction of sp³-hybridized carbons (Fsp3) is 0.706. The third kappa shape index (κ3) is 4.33. The van der Waals surface area contributed by atoms with Crippen LogP contribution in [0.3, 0.4) is 0 Å². The minimum atomic E-state index is -0.764. The molecule has 1 unspecified atom stereocenters. The first-order valence-corrected chi connectivity index (χ1v) is 8.50. The van der Waals surface area contributed by atoms with Gasteiger partial charge in [0.05, 0.1) is 11.3 Å². The van der Waals surface area contributed by atoms with Gasteiger partial charge < -0.3 is 10.0 Å². The van der Waals surface area contributed by atoms with Gasteiger partial charge >= 0.3 is 5.97 Å². The average molecular weight is 321 g/mol. The van der Waals surface area contributed by atoms with Gasteiger partial charge in [0.1, 0.15) is 0 Å². The van der Waals surface area contributed by atoms with Crippen molar-refractivity contribution >= 4 is 11.9 Å². The molecule has 1 N–H and O–H groups in total. The van der Waals surface area contributed by atoms with Crippen LogP contribution in [-0.4, -0.2) is 44.8 Å². The summed E-state index contributed by atoms with van der Waals surface area (Å²) in [4.78, 5) is 25.5. The van der Waals surface area contributed by atoms with E-state index in [1.54, 1.807) is 0 Å². The van der Waals surface area contributed by atoms with E-state index in [-0.39, 0.29) is 24.2 Å². The van der Waals surface area contributed by atoms with Crippen LogP contribution in [0.2, 0.25) is 0 Å². The Hall–Kier alpha value is -1.85. The van der Waals surface area contributed by atoms with E-state index < -0.39 is 5.97 Å². The molecule has 1 aliphatic heterocycles. The molecule has 2 rings (SSSR count). The smallest absolute Gasteiger partial charge is 0.303 e. The van der Waals surface area contributed by atoms with E-state index in [2.05, 4.69) is 5.10 Å². The largest absolute Gasteiger partial charge is 0.481 e. The molecule has 1 aromatic heterocycles. The van der Waals surface area contributed by atoms with E-state index in [9.17, 15) is 9.59 Å². The summed E-state index contributed by atoms with van der Waals surface area (Å²) >= 11 is 0. The molecule has 1 amide bonds. The van der Waals surface area contributed by atoms with E-state index in [1.165, 1.54) is 0 Å². The Bertz CT molecular complexity index is 565. The quantitative estimate of drug-likeness (QED) is 0.874. The zero-order chi connectivity index (χ0) is 17.0. The number of aryl methyl sites for hydroxylation is 1. The number of hydrogen-bond donors (Lipinski definition) is 1. The highest BCUT2D eigenvalue weighted by Gasteiger charge is 2.28. The molecule has 1 fully saturated rings. The van der Waals surface area contributed by atoms with Crippen LogP contribution in [0.25, 0.3) is 0 Å². The van der Waals surface area contributed by atoms with Gasteiger partial charge in [-0.3, -0.25) is 14.3 Å². The summed E-state index contributed by atoms with van der Waals surface area (Å²) in [7, 11) is 0. The van der Waals surface area contributed by atoms with E-state index in [1.807, 2.05) is 36.5 Å². The molecular weight excluding hydrogens is 294 g/mol. The lowest BCUT2D eigenvalue weighted by Crippen LogP contribution is -2.40. The predicted octanol–water partition coefficient (Wildman–Crippen LogP) is 2.74. The van der Waals surface area contributed by atoms with Gasteiger partial charge in [0.2, 0.25) is 0 Å². The zero-order valence-corrected chi connectivity index (χ0v) is 14.3. The standard InChI is InChI=1S/C17H27N3O3/c1-4-20-11-14(16(18-20)12(2)3)17(23)19-9-5-6-13(10-19)7-8-15(21)22/h11-13H,4-10H2,1-3H3,(H,21,22). The van der Waals surface area contributed by atoms with Gasteiger partial charge in [-0.2, -0.15) is 5.10 Å². The van der Waals surface area contributed by atoms with Gasteiger partial charge in [-0.15, -0.1) is 0 Å². The number of hydrogen-bond acceptors (Lipinski definition) is 3. The molecule has 1 atom stereocenters. The van der Waals surface area contributed by atoms with Gasteiger partial charge in [-0.05, 0) is 38.0 Å². The monoisotopic (exact) mass is 321 g/mol. The van der Waals surface area contributed by atoms with Gasteiger partial charge in [0, 0.05) is 32.3 Å². The van der Waals surface area contributed by atoms with Crippen LogP contribution in [0, 0.1) is 5.92 Å². The molecule has 1 saturated heterocycles. The average Bonchev–Trinajstić information content (AvgIpc) is 2.97. The molecule has 1 aromatic rings. The molecule has 23 heavy (non-hydrogen) atoms.